The van der Waals surface area contributed by atoms with Crippen LogP contribution in [0.1, 0.15) is 17.0 Å². The van der Waals surface area contributed by atoms with Crippen LogP contribution in [0.15, 0.2) is 35.7 Å². The molecule has 1 aliphatic rings. The predicted octanol–water partition coefficient (Wildman–Crippen LogP) is 3.31. The summed E-state index contributed by atoms with van der Waals surface area (Å²) in [6.07, 6.45) is 1.40. The Bertz CT molecular complexity index is 697. The second-order valence-corrected chi connectivity index (χ2v) is 5.64. The smallest absolute Gasteiger partial charge is 0.155 e. The van der Waals surface area contributed by atoms with Gasteiger partial charge < -0.3 is 4.90 Å². The first-order chi connectivity index (χ1) is 10.1. The van der Waals surface area contributed by atoms with Gasteiger partial charge in [-0.05, 0) is 17.7 Å². The van der Waals surface area contributed by atoms with Gasteiger partial charge in [0.15, 0.2) is 5.82 Å². The van der Waals surface area contributed by atoms with E-state index in [-0.39, 0.29) is 5.92 Å². The molecule has 1 atom stereocenters. The average molecular weight is 322 g/mol. The van der Waals surface area contributed by atoms with E-state index in [4.69, 9.17) is 23.2 Å². The Balaban J connectivity index is 2.08. The highest BCUT2D eigenvalue weighted by atomic mass is 35.5. The van der Waals surface area contributed by atoms with E-state index in [0.29, 0.717) is 16.1 Å². The molecule has 1 N–H and O–H groups in total. The van der Waals surface area contributed by atoms with Gasteiger partial charge in [0.25, 0.3) is 0 Å². The first-order valence-electron chi connectivity index (χ1n) is 6.34. The molecule has 0 amide bonds. The number of halogens is 2. The van der Waals surface area contributed by atoms with Gasteiger partial charge in [0.05, 0.1) is 5.92 Å². The van der Waals surface area contributed by atoms with E-state index in [9.17, 15) is 0 Å². The van der Waals surface area contributed by atoms with Crippen molar-refractivity contribution in [1.29, 1.82) is 0 Å². The van der Waals surface area contributed by atoms with Crippen molar-refractivity contribution in [2.24, 2.45) is 5.10 Å². The van der Waals surface area contributed by atoms with Crippen molar-refractivity contribution in [1.82, 2.24) is 9.97 Å². The minimum atomic E-state index is -0.257. The molecule has 2 aromatic rings. The molecule has 21 heavy (non-hydrogen) atoms. The van der Waals surface area contributed by atoms with Crippen LogP contribution < -0.4 is 10.3 Å². The monoisotopic (exact) mass is 321 g/mol. The summed E-state index contributed by atoms with van der Waals surface area (Å²) in [7, 11) is 3.99. The molecule has 1 aromatic carbocycles. The Kier molecular flexibility index (Phi) is 3.69. The maximum absolute atomic E-state index is 6.28. The summed E-state index contributed by atoms with van der Waals surface area (Å²) < 4.78 is 0. The van der Waals surface area contributed by atoms with Gasteiger partial charge in [0, 0.05) is 25.3 Å². The van der Waals surface area contributed by atoms with E-state index in [1.807, 2.05) is 43.3 Å². The zero-order valence-electron chi connectivity index (χ0n) is 11.5. The zero-order chi connectivity index (χ0) is 15.0. The van der Waals surface area contributed by atoms with Crippen LogP contribution in [-0.4, -0.2) is 29.2 Å². The molecule has 0 fully saturated rings. The predicted molar refractivity (Wildman–Crippen MR) is 86.6 cm³/mol. The standard InChI is InChI=1S/C14H13Cl2N5/c1-21(2)9-5-3-8(4-6-9)10-11-12(15)17-7-18-14(11)20-19-13(10)16/h3-7,10H,1-2H3,(H,17,18,20). The first kappa shape index (κ1) is 14.1. The lowest BCUT2D eigenvalue weighted by Crippen LogP contribution is -2.19. The molecule has 0 saturated carbocycles. The molecule has 1 aromatic heterocycles. The van der Waals surface area contributed by atoms with Gasteiger partial charge in [-0.1, -0.05) is 35.3 Å². The fourth-order valence-electron chi connectivity index (χ4n) is 2.28. The molecule has 108 valence electrons. The number of anilines is 2. The molecule has 1 unspecified atom stereocenters. The van der Waals surface area contributed by atoms with Gasteiger partial charge in [0.2, 0.25) is 0 Å². The number of rotatable bonds is 2. The molecule has 7 heteroatoms. The third-order valence-corrected chi connectivity index (χ3v) is 3.98. The summed E-state index contributed by atoms with van der Waals surface area (Å²) in [5.74, 6) is 0.328. The van der Waals surface area contributed by atoms with E-state index in [1.54, 1.807) is 0 Å². The van der Waals surface area contributed by atoms with Crippen LogP contribution in [0.4, 0.5) is 11.5 Å². The topological polar surface area (TPSA) is 53.4 Å². The summed E-state index contributed by atoms with van der Waals surface area (Å²) in [6.45, 7) is 0. The van der Waals surface area contributed by atoms with Crippen LogP contribution >= 0.6 is 23.2 Å². The Hall–Kier alpha value is -1.85. The van der Waals surface area contributed by atoms with Crippen LogP contribution in [0.25, 0.3) is 0 Å². The number of fused-ring (bicyclic) bond motifs is 1. The minimum absolute atomic E-state index is 0.257. The minimum Gasteiger partial charge on any atom is -0.378 e. The fraction of sp³-hybridized carbons (Fsp3) is 0.214. The SMILES string of the molecule is CN(C)c1ccc(C2C(Cl)=NNc3ncnc(Cl)c32)cc1. The first-order valence-corrected chi connectivity index (χ1v) is 7.10. The highest BCUT2D eigenvalue weighted by Gasteiger charge is 2.29. The molecule has 0 bridgehead atoms. The third kappa shape index (κ3) is 2.54. The summed E-state index contributed by atoms with van der Waals surface area (Å²) in [6, 6.07) is 8.07. The molecular weight excluding hydrogens is 309 g/mol. The Morgan fingerprint density at radius 2 is 1.81 bits per heavy atom. The number of hydrazone groups is 1. The third-order valence-electron chi connectivity index (χ3n) is 3.37. The molecule has 0 aliphatic carbocycles. The van der Waals surface area contributed by atoms with Crippen LogP contribution in [0, 0.1) is 0 Å². The summed E-state index contributed by atoms with van der Waals surface area (Å²) in [4.78, 5) is 10.2. The van der Waals surface area contributed by atoms with Crippen LogP contribution in [-0.2, 0) is 0 Å². The number of benzene rings is 1. The van der Waals surface area contributed by atoms with Gasteiger partial charge in [0.1, 0.15) is 16.7 Å². The van der Waals surface area contributed by atoms with Crippen molar-refractivity contribution in [2.45, 2.75) is 5.92 Å². The maximum atomic E-state index is 6.28. The van der Waals surface area contributed by atoms with Crippen molar-refractivity contribution in [3.8, 4) is 0 Å². The molecule has 2 heterocycles. The Morgan fingerprint density at radius 1 is 1.10 bits per heavy atom. The molecular formula is C14H13Cl2N5. The number of nitrogens with one attached hydrogen (secondary N) is 1. The molecule has 1 aliphatic heterocycles. The highest BCUT2D eigenvalue weighted by Crippen LogP contribution is 2.38. The molecule has 0 saturated heterocycles. The van der Waals surface area contributed by atoms with Gasteiger partial charge in [-0.2, -0.15) is 5.10 Å². The average Bonchev–Trinajstić information content (AvgIpc) is 2.48. The lowest BCUT2D eigenvalue weighted by Gasteiger charge is -2.24. The highest BCUT2D eigenvalue weighted by molar-refractivity contribution is 6.67. The Morgan fingerprint density at radius 3 is 2.48 bits per heavy atom. The van der Waals surface area contributed by atoms with Gasteiger partial charge in [-0.25, -0.2) is 9.97 Å². The van der Waals surface area contributed by atoms with Crippen LogP contribution in [0.2, 0.25) is 5.15 Å². The number of hydrogen-bond donors (Lipinski definition) is 1. The van der Waals surface area contributed by atoms with Crippen molar-refractivity contribution < 1.29 is 0 Å². The number of hydrogen-bond acceptors (Lipinski definition) is 5. The van der Waals surface area contributed by atoms with Crippen molar-refractivity contribution in [3.05, 3.63) is 46.9 Å². The lowest BCUT2D eigenvalue weighted by molar-refractivity contribution is 0.980. The van der Waals surface area contributed by atoms with E-state index >= 15 is 0 Å². The van der Waals surface area contributed by atoms with E-state index in [1.165, 1.54) is 6.33 Å². The van der Waals surface area contributed by atoms with Crippen LogP contribution in [0.5, 0.6) is 0 Å². The number of nitrogens with zero attached hydrogens (tertiary/aromatic N) is 4. The zero-order valence-corrected chi connectivity index (χ0v) is 13.0. The van der Waals surface area contributed by atoms with Gasteiger partial charge in [-0.3, -0.25) is 5.43 Å². The number of aromatic nitrogens is 2. The van der Waals surface area contributed by atoms with Crippen molar-refractivity contribution in [2.75, 3.05) is 24.4 Å². The summed E-state index contributed by atoms with van der Waals surface area (Å²) in [5, 5.41) is 4.89. The van der Waals surface area contributed by atoms with Crippen molar-refractivity contribution >= 4 is 39.9 Å². The second-order valence-electron chi connectivity index (χ2n) is 4.89. The van der Waals surface area contributed by atoms with Gasteiger partial charge >= 0.3 is 0 Å². The van der Waals surface area contributed by atoms with Crippen molar-refractivity contribution in [3.63, 3.8) is 0 Å². The maximum Gasteiger partial charge on any atom is 0.155 e. The molecule has 3 rings (SSSR count). The lowest BCUT2D eigenvalue weighted by atomic mass is 9.92. The summed E-state index contributed by atoms with van der Waals surface area (Å²) >= 11 is 12.5. The summed E-state index contributed by atoms with van der Waals surface area (Å²) in [5.41, 5.74) is 5.64. The normalized spacial score (nSPS) is 16.8. The van der Waals surface area contributed by atoms with Gasteiger partial charge in [-0.15, -0.1) is 0 Å². The largest absolute Gasteiger partial charge is 0.378 e. The Labute approximate surface area is 132 Å². The quantitative estimate of drug-likeness (QED) is 0.862. The van der Waals surface area contributed by atoms with Crippen LogP contribution in [0.3, 0.4) is 0 Å². The molecule has 0 spiro atoms. The van der Waals surface area contributed by atoms with E-state index in [2.05, 4.69) is 20.5 Å². The molecule has 5 nitrogen and oxygen atoms in total. The molecule has 0 radical (unpaired) electrons. The van der Waals surface area contributed by atoms with E-state index in [0.717, 1.165) is 16.8 Å². The fourth-order valence-corrected chi connectivity index (χ4v) is 2.80. The second kappa shape index (κ2) is 5.50. The van der Waals surface area contributed by atoms with E-state index < -0.39 is 0 Å².